The molecule has 0 radical (unpaired) electrons. The summed E-state index contributed by atoms with van der Waals surface area (Å²) in [6.45, 7) is 8.06. The number of rotatable bonds is 10. The van der Waals surface area contributed by atoms with E-state index in [0.717, 1.165) is 22.0 Å². The average molecular weight is 479 g/mol. The van der Waals surface area contributed by atoms with E-state index in [0.29, 0.717) is 37.6 Å². The van der Waals surface area contributed by atoms with Crippen LogP contribution in [-0.2, 0) is 24.4 Å². The van der Waals surface area contributed by atoms with E-state index in [9.17, 15) is 9.18 Å². The van der Waals surface area contributed by atoms with Gasteiger partial charge >= 0.3 is 0 Å². The van der Waals surface area contributed by atoms with E-state index in [1.165, 1.54) is 12.1 Å². The molecule has 0 fully saturated rings. The molecule has 184 valence electrons. The number of fused-ring (bicyclic) bond motifs is 1. The summed E-state index contributed by atoms with van der Waals surface area (Å²) in [4.78, 5) is 18.3. The van der Waals surface area contributed by atoms with Gasteiger partial charge in [0.25, 0.3) is 5.56 Å². The lowest BCUT2D eigenvalue weighted by Crippen LogP contribution is -2.35. The van der Waals surface area contributed by atoms with Gasteiger partial charge in [0.05, 0.1) is 19.2 Å². The molecule has 4 rings (SSSR count). The first-order valence-electron chi connectivity index (χ1n) is 11.7. The summed E-state index contributed by atoms with van der Waals surface area (Å²) in [6.07, 6.45) is 0. The Morgan fingerprint density at radius 2 is 1.89 bits per heavy atom. The van der Waals surface area contributed by atoms with Crippen LogP contribution < -0.4 is 5.56 Å². The first-order valence-corrected chi connectivity index (χ1v) is 11.7. The number of aromatic amines is 1. The molecule has 35 heavy (non-hydrogen) atoms. The highest BCUT2D eigenvalue weighted by Gasteiger charge is 2.30. The van der Waals surface area contributed by atoms with Gasteiger partial charge in [-0.3, -0.25) is 9.69 Å². The van der Waals surface area contributed by atoms with Gasteiger partial charge in [-0.2, -0.15) is 0 Å². The second-order valence-electron chi connectivity index (χ2n) is 9.19. The third kappa shape index (κ3) is 5.80. The molecule has 1 atom stereocenters. The largest absolute Gasteiger partial charge is 0.383 e. The lowest BCUT2D eigenvalue weighted by atomic mass is 9.99. The average Bonchev–Trinajstić information content (AvgIpc) is 3.27. The third-order valence-electron chi connectivity index (χ3n) is 6.11. The quantitative estimate of drug-likeness (QED) is 0.371. The van der Waals surface area contributed by atoms with Crippen molar-refractivity contribution in [3.05, 3.63) is 87.2 Å². The number of hydrogen-bond acceptors (Lipinski definition) is 6. The van der Waals surface area contributed by atoms with Crippen molar-refractivity contribution < 1.29 is 9.13 Å². The molecular formula is C26H31FN6O2. The second kappa shape index (κ2) is 10.9. The summed E-state index contributed by atoms with van der Waals surface area (Å²) in [5.41, 5.74) is 3.34. The van der Waals surface area contributed by atoms with Crippen molar-refractivity contribution in [1.82, 2.24) is 30.1 Å². The Morgan fingerprint density at radius 1 is 1.11 bits per heavy atom. The van der Waals surface area contributed by atoms with Gasteiger partial charge in [0.2, 0.25) is 0 Å². The van der Waals surface area contributed by atoms with Gasteiger partial charge in [0.1, 0.15) is 5.82 Å². The predicted molar refractivity (Wildman–Crippen MR) is 132 cm³/mol. The van der Waals surface area contributed by atoms with Crippen molar-refractivity contribution in [2.75, 3.05) is 13.7 Å². The SMILES string of the molecule is COCCn1nnnc1[C@@H](C(C)C)N(Cc1ccc(F)cc1)Cc1cc2ccc(C)cc2[nH]c1=O. The highest BCUT2D eigenvalue weighted by atomic mass is 19.1. The smallest absolute Gasteiger partial charge is 0.252 e. The highest BCUT2D eigenvalue weighted by Crippen LogP contribution is 2.30. The zero-order valence-electron chi connectivity index (χ0n) is 20.5. The Morgan fingerprint density at radius 3 is 2.60 bits per heavy atom. The van der Waals surface area contributed by atoms with Crippen LogP contribution in [0.5, 0.6) is 0 Å². The number of aromatic nitrogens is 5. The summed E-state index contributed by atoms with van der Waals surface area (Å²) in [7, 11) is 1.64. The number of benzene rings is 2. The number of methoxy groups -OCH3 is 1. The fourth-order valence-corrected chi connectivity index (χ4v) is 4.42. The minimum Gasteiger partial charge on any atom is -0.383 e. The molecule has 0 saturated carbocycles. The van der Waals surface area contributed by atoms with Crippen molar-refractivity contribution in [3.8, 4) is 0 Å². The van der Waals surface area contributed by atoms with Crippen LogP contribution in [0.3, 0.4) is 0 Å². The van der Waals surface area contributed by atoms with E-state index in [-0.39, 0.29) is 23.3 Å². The van der Waals surface area contributed by atoms with Gasteiger partial charge in [-0.05, 0) is 64.0 Å². The number of hydrogen-bond donors (Lipinski definition) is 1. The van der Waals surface area contributed by atoms with Gasteiger partial charge in [0.15, 0.2) is 5.82 Å². The fourth-order valence-electron chi connectivity index (χ4n) is 4.42. The summed E-state index contributed by atoms with van der Waals surface area (Å²) >= 11 is 0. The molecule has 2 aromatic carbocycles. The number of H-pyrrole nitrogens is 1. The summed E-state index contributed by atoms with van der Waals surface area (Å²) < 4.78 is 20.6. The zero-order valence-corrected chi connectivity index (χ0v) is 20.5. The fraction of sp³-hybridized carbons (Fsp3) is 0.385. The van der Waals surface area contributed by atoms with Crippen LogP contribution in [0.25, 0.3) is 10.9 Å². The lowest BCUT2D eigenvalue weighted by Gasteiger charge is -2.33. The standard InChI is InChI=1S/C26H31FN6O2/c1-17(2)24(25-29-30-31-33(25)11-12-35-4)32(15-19-6-9-22(27)10-7-19)16-21-14-20-8-5-18(3)13-23(20)28-26(21)34/h5-10,13-14,17,24H,11-12,15-16H2,1-4H3,(H,28,34)/t24-/m1/s1. The zero-order chi connectivity index (χ0) is 24.9. The van der Waals surface area contributed by atoms with Crippen LogP contribution in [-0.4, -0.2) is 43.8 Å². The topological polar surface area (TPSA) is 88.9 Å². The maximum atomic E-state index is 13.6. The Bertz CT molecular complexity index is 1330. The minimum absolute atomic E-state index is 0.130. The maximum Gasteiger partial charge on any atom is 0.252 e. The molecular weight excluding hydrogens is 447 g/mol. The lowest BCUT2D eigenvalue weighted by molar-refractivity contribution is 0.121. The monoisotopic (exact) mass is 478 g/mol. The van der Waals surface area contributed by atoms with Crippen molar-refractivity contribution in [2.24, 2.45) is 5.92 Å². The maximum absolute atomic E-state index is 13.6. The second-order valence-corrected chi connectivity index (χ2v) is 9.19. The Hall–Kier alpha value is -3.43. The van der Waals surface area contributed by atoms with E-state index in [1.54, 1.807) is 23.9 Å². The molecule has 0 aliphatic heterocycles. The first-order chi connectivity index (χ1) is 16.9. The Balaban J connectivity index is 1.75. The van der Waals surface area contributed by atoms with E-state index in [2.05, 4.69) is 39.3 Å². The number of nitrogens with zero attached hydrogens (tertiary/aromatic N) is 5. The van der Waals surface area contributed by atoms with Gasteiger partial charge < -0.3 is 9.72 Å². The van der Waals surface area contributed by atoms with Gasteiger partial charge in [-0.25, -0.2) is 9.07 Å². The number of tetrazole rings is 1. The molecule has 0 spiro atoms. The number of nitrogens with one attached hydrogen (secondary N) is 1. The van der Waals surface area contributed by atoms with E-state index in [1.807, 2.05) is 31.2 Å². The summed E-state index contributed by atoms with van der Waals surface area (Å²) in [5, 5.41) is 13.4. The molecule has 0 bridgehead atoms. The Kier molecular flexibility index (Phi) is 7.67. The number of halogens is 1. The van der Waals surface area contributed by atoms with Crippen molar-refractivity contribution >= 4 is 10.9 Å². The van der Waals surface area contributed by atoms with E-state index < -0.39 is 0 Å². The van der Waals surface area contributed by atoms with E-state index >= 15 is 0 Å². The van der Waals surface area contributed by atoms with E-state index in [4.69, 9.17) is 4.74 Å². The molecule has 2 heterocycles. The summed E-state index contributed by atoms with van der Waals surface area (Å²) in [6, 6.07) is 14.2. The summed E-state index contributed by atoms with van der Waals surface area (Å²) in [5.74, 6) is 0.544. The molecule has 0 saturated heterocycles. The molecule has 1 N–H and O–H groups in total. The Labute approximate surface area is 203 Å². The van der Waals surface area contributed by atoms with Crippen LogP contribution in [0.2, 0.25) is 0 Å². The molecule has 2 aromatic heterocycles. The molecule has 0 unspecified atom stereocenters. The van der Waals surface area contributed by atoms with Crippen molar-refractivity contribution in [2.45, 2.75) is 46.4 Å². The van der Waals surface area contributed by atoms with Gasteiger partial charge in [0, 0.05) is 31.3 Å². The van der Waals surface area contributed by atoms with Crippen LogP contribution >= 0.6 is 0 Å². The van der Waals surface area contributed by atoms with Crippen LogP contribution in [0.4, 0.5) is 4.39 Å². The predicted octanol–water partition coefficient (Wildman–Crippen LogP) is 4.01. The van der Waals surface area contributed by atoms with Crippen LogP contribution in [0.1, 0.15) is 42.4 Å². The van der Waals surface area contributed by atoms with Crippen LogP contribution in [0.15, 0.2) is 53.3 Å². The highest BCUT2D eigenvalue weighted by molar-refractivity contribution is 5.79. The third-order valence-corrected chi connectivity index (χ3v) is 6.11. The molecule has 0 aliphatic carbocycles. The molecule has 9 heteroatoms. The normalized spacial score (nSPS) is 12.7. The number of pyridine rings is 1. The van der Waals surface area contributed by atoms with Crippen molar-refractivity contribution in [3.63, 3.8) is 0 Å². The first kappa shape index (κ1) is 24.7. The van der Waals surface area contributed by atoms with Crippen molar-refractivity contribution in [1.29, 1.82) is 0 Å². The van der Waals surface area contributed by atoms with Gasteiger partial charge in [-0.1, -0.05) is 38.1 Å². The van der Waals surface area contributed by atoms with Gasteiger partial charge in [-0.15, -0.1) is 5.10 Å². The molecule has 0 amide bonds. The van der Waals surface area contributed by atoms with Crippen LogP contribution in [0, 0.1) is 18.7 Å². The molecule has 4 aromatic rings. The molecule has 0 aliphatic rings. The number of aryl methyl sites for hydroxylation is 1. The number of ether oxygens (including phenoxy) is 1. The minimum atomic E-state index is -0.287. The molecule has 8 nitrogen and oxygen atoms in total.